The van der Waals surface area contributed by atoms with Crippen molar-refractivity contribution in [3.8, 4) is 0 Å². The molecule has 1 heterocycles. The zero-order chi connectivity index (χ0) is 15.5. The van der Waals surface area contributed by atoms with E-state index in [-0.39, 0.29) is 11.3 Å². The Morgan fingerprint density at radius 2 is 1.77 bits per heavy atom. The molecule has 22 heavy (non-hydrogen) atoms. The van der Waals surface area contributed by atoms with Gasteiger partial charge in [0.05, 0.1) is 10.6 Å². The lowest BCUT2D eigenvalue weighted by Gasteiger charge is -2.10. The van der Waals surface area contributed by atoms with Gasteiger partial charge in [0.15, 0.2) is 0 Å². The zero-order valence-corrected chi connectivity index (χ0v) is 11.5. The molecule has 0 fully saturated rings. The number of nitro groups is 1. The van der Waals surface area contributed by atoms with Crippen LogP contribution >= 0.6 is 0 Å². The van der Waals surface area contributed by atoms with Crippen molar-refractivity contribution in [2.75, 3.05) is 5.32 Å². The predicted molar refractivity (Wildman–Crippen MR) is 84.6 cm³/mol. The SMILES string of the molecule is O=C(C1=CC=Cc2ccccc2N1)c1ccccc1[N+](=O)[O-]. The first-order chi connectivity index (χ1) is 10.7. The van der Waals surface area contributed by atoms with Crippen LogP contribution in [0.25, 0.3) is 6.08 Å². The number of hydrogen-bond donors (Lipinski definition) is 1. The smallest absolute Gasteiger partial charge is 0.280 e. The number of nitro benzene ring substituents is 1. The molecular weight excluding hydrogens is 280 g/mol. The lowest BCUT2D eigenvalue weighted by Crippen LogP contribution is -2.13. The Hall–Kier alpha value is -3.21. The largest absolute Gasteiger partial charge is 0.352 e. The van der Waals surface area contributed by atoms with E-state index in [0.717, 1.165) is 11.3 Å². The van der Waals surface area contributed by atoms with Gasteiger partial charge in [-0.05, 0) is 23.8 Å². The minimum atomic E-state index is -0.547. The fourth-order valence-electron chi connectivity index (χ4n) is 2.29. The van der Waals surface area contributed by atoms with Crippen molar-refractivity contribution in [3.63, 3.8) is 0 Å². The first-order valence-electron chi connectivity index (χ1n) is 6.69. The third kappa shape index (κ3) is 2.52. The normalized spacial score (nSPS) is 12.6. The molecule has 0 saturated heterocycles. The minimum absolute atomic E-state index is 0.0685. The molecule has 108 valence electrons. The molecule has 5 heteroatoms. The summed E-state index contributed by atoms with van der Waals surface area (Å²) in [5.74, 6) is -0.409. The number of carbonyl (C=O) groups excluding carboxylic acids is 1. The molecule has 5 nitrogen and oxygen atoms in total. The van der Waals surface area contributed by atoms with Crippen LogP contribution in [-0.2, 0) is 0 Å². The average molecular weight is 292 g/mol. The lowest BCUT2D eigenvalue weighted by molar-refractivity contribution is -0.385. The number of hydrogen-bond acceptors (Lipinski definition) is 4. The summed E-state index contributed by atoms with van der Waals surface area (Å²) in [5, 5.41) is 14.1. The number of nitrogens with one attached hydrogen (secondary N) is 1. The Morgan fingerprint density at radius 3 is 2.59 bits per heavy atom. The van der Waals surface area contributed by atoms with E-state index in [0.29, 0.717) is 5.70 Å². The van der Waals surface area contributed by atoms with Crippen LogP contribution in [0.5, 0.6) is 0 Å². The highest BCUT2D eigenvalue weighted by molar-refractivity contribution is 6.13. The van der Waals surface area contributed by atoms with E-state index in [9.17, 15) is 14.9 Å². The molecule has 1 aliphatic rings. The number of allylic oxidation sites excluding steroid dienone is 3. The second kappa shape index (κ2) is 5.65. The molecule has 0 aromatic heterocycles. The molecule has 1 N–H and O–H groups in total. The van der Waals surface area contributed by atoms with Gasteiger partial charge >= 0.3 is 0 Å². The maximum absolute atomic E-state index is 12.6. The standard InChI is InChI=1S/C17H12N2O3/c20-17(13-8-2-4-11-16(13)19(21)22)15-10-5-7-12-6-1-3-9-14(12)18-15/h1-11,18H. The lowest BCUT2D eigenvalue weighted by atomic mass is 10.1. The van der Waals surface area contributed by atoms with Gasteiger partial charge in [-0.15, -0.1) is 0 Å². The Morgan fingerprint density at radius 1 is 1.05 bits per heavy atom. The molecule has 0 spiro atoms. The van der Waals surface area contributed by atoms with Crippen LogP contribution in [0, 0.1) is 10.1 Å². The highest BCUT2D eigenvalue weighted by Gasteiger charge is 2.22. The number of benzene rings is 2. The van der Waals surface area contributed by atoms with Gasteiger partial charge in [-0.2, -0.15) is 0 Å². The van der Waals surface area contributed by atoms with E-state index in [4.69, 9.17) is 0 Å². The van der Waals surface area contributed by atoms with Gasteiger partial charge in [-0.25, -0.2) is 0 Å². The van der Waals surface area contributed by atoms with Gasteiger partial charge in [0.25, 0.3) is 5.69 Å². The van der Waals surface area contributed by atoms with Crippen LogP contribution in [0.4, 0.5) is 11.4 Å². The molecule has 3 rings (SSSR count). The highest BCUT2D eigenvalue weighted by atomic mass is 16.6. The number of Topliss-reactive ketones (excluding diaryl/α,β-unsaturated/α-hetero) is 1. The Kier molecular flexibility index (Phi) is 3.53. The number of ketones is 1. The fraction of sp³-hybridized carbons (Fsp3) is 0. The second-order valence-electron chi connectivity index (χ2n) is 4.76. The summed E-state index contributed by atoms with van der Waals surface area (Å²) in [5.41, 5.74) is 1.91. The van der Waals surface area contributed by atoms with Crippen molar-refractivity contribution < 1.29 is 9.72 Å². The Balaban J connectivity index is 1.99. The zero-order valence-electron chi connectivity index (χ0n) is 11.5. The molecule has 0 saturated carbocycles. The quantitative estimate of drug-likeness (QED) is 0.530. The second-order valence-corrected chi connectivity index (χ2v) is 4.76. The topological polar surface area (TPSA) is 72.2 Å². The number of anilines is 1. The number of para-hydroxylation sites is 2. The van der Waals surface area contributed by atoms with E-state index in [2.05, 4.69) is 5.32 Å². The average Bonchev–Trinajstić information content (AvgIpc) is 2.76. The van der Waals surface area contributed by atoms with E-state index in [1.807, 2.05) is 30.3 Å². The maximum Gasteiger partial charge on any atom is 0.280 e. The van der Waals surface area contributed by atoms with E-state index in [1.54, 1.807) is 24.3 Å². The van der Waals surface area contributed by atoms with Gasteiger partial charge < -0.3 is 5.32 Å². The molecular formula is C17H12N2O3. The molecule has 0 bridgehead atoms. The van der Waals surface area contributed by atoms with Crippen molar-refractivity contribution in [3.05, 3.63) is 87.6 Å². The van der Waals surface area contributed by atoms with Crippen LogP contribution in [0.15, 0.2) is 66.4 Å². The predicted octanol–water partition coefficient (Wildman–Crippen LogP) is 3.80. The minimum Gasteiger partial charge on any atom is -0.352 e. The summed E-state index contributed by atoms with van der Waals surface area (Å²) < 4.78 is 0. The number of rotatable bonds is 3. The van der Waals surface area contributed by atoms with Gasteiger partial charge in [0, 0.05) is 11.8 Å². The fourth-order valence-corrected chi connectivity index (χ4v) is 2.29. The van der Waals surface area contributed by atoms with Crippen molar-refractivity contribution in [2.45, 2.75) is 0 Å². The first-order valence-corrected chi connectivity index (χ1v) is 6.69. The van der Waals surface area contributed by atoms with Crippen LogP contribution < -0.4 is 5.32 Å². The van der Waals surface area contributed by atoms with Gasteiger partial charge in [-0.3, -0.25) is 14.9 Å². The molecule has 2 aromatic rings. The number of nitrogens with zero attached hydrogens (tertiary/aromatic N) is 1. The highest BCUT2D eigenvalue weighted by Crippen LogP contribution is 2.25. The Labute approximate surface area is 126 Å². The van der Waals surface area contributed by atoms with Crippen molar-refractivity contribution in [2.24, 2.45) is 0 Å². The van der Waals surface area contributed by atoms with Crippen LogP contribution in [-0.4, -0.2) is 10.7 Å². The van der Waals surface area contributed by atoms with E-state index in [1.165, 1.54) is 12.1 Å². The van der Waals surface area contributed by atoms with Gasteiger partial charge in [0.1, 0.15) is 5.56 Å². The summed E-state index contributed by atoms with van der Waals surface area (Å²) in [6, 6.07) is 13.5. The van der Waals surface area contributed by atoms with Crippen molar-refractivity contribution in [1.82, 2.24) is 0 Å². The maximum atomic E-state index is 12.6. The molecule has 2 aromatic carbocycles. The van der Waals surface area contributed by atoms with Crippen LogP contribution in [0.2, 0.25) is 0 Å². The summed E-state index contributed by atoms with van der Waals surface area (Å²) in [6.07, 6.45) is 5.25. The summed E-state index contributed by atoms with van der Waals surface area (Å²) in [4.78, 5) is 23.1. The van der Waals surface area contributed by atoms with Crippen molar-refractivity contribution in [1.29, 1.82) is 0 Å². The molecule has 0 unspecified atom stereocenters. The van der Waals surface area contributed by atoms with Gasteiger partial charge in [-0.1, -0.05) is 42.5 Å². The third-order valence-corrected chi connectivity index (χ3v) is 3.36. The van der Waals surface area contributed by atoms with Gasteiger partial charge in [0.2, 0.25) is 5.78 Å². The molecule has 0 atom stereocenters. The van der Waals surface area contributed by atoms with E-state index < -0.39 is 10.7 Å². The molecule has 0 radical (unpaired) electrons. The summed E-state index contributed by atoms with van der Waals surface area (Å²) in [7, 11) is 0. The van der Waals surface area contributed by atoms with Crippen LogP contribution in [0.1, 0.15) is 15.9 Å². The van der Waals surface area contributed by atoms with Crippen LogP contribution in [0.3, 0.4) is 0 Å². The molecule has 0 aliphatic carbocycles. The molecule has 1 aliphatic heterocycles. The number of carbonyl (C=O) groups is 1. The summed E-state index contributed by atoms with van der Waals surface area (Å²) >= 11 is 0. The Bertz CT molecular complexity index is 822. The first kappa shape index (κ1) is 13.8. The third-order valence-electron chi connectivity index (χ3n) is 3.36. The molecule has 0 amide bonds. The monoisotopic (exact) mass is 292 g/mol. The number of fused-ring (bicyclic) bond motifs is 1. The van der Waals surface area contributed by atoms with E-state index >= 15 is 0 Å². The van der Waals surface area contributed by atoms with Crippen molar-refractivity contribution >= 4 is 23.2 Å². The summed E-state index contributed by atoms with van der Waals surface area (Å²) in [6.45, 7) is 0.